The van der Waals surface area contributed by atoms with E-state index in [-0.39, 0.29) is 24.7 Å². The molecule has 2 aliphatic heterocycles. The zero-order valence-corrected chi connectivity index (χ0v) is 16.8. The number of rotatable bonds is 4. The maximum absolute atomic E-state index is 12.5. The van der Waals surface area contributed by atoms with Crippen LogP contribution in [0.5, 0.6) is 11.5 Å². The van der Waals surface area contributed by atoms with Gasteiger partial charge < -0.3 is 19.3 Å². The molecule has 6 nitrogen and oxygen atoms in total. The number of hydrogen-bond acceptors (Lipinski definition) is 7. The van der Waals surface area contributed by atoms with Crippen molar-refractivity contribution in [2.45, 2.75) is 13.8 Å². The summed E-state index contributed by atoms with van der Waals surface area (Å²) in [5, 5.41) is 11.1. The van der Waals surface area contributed by atoms with Gasteiger partial charge in [0.1, 0.15) is 16.4 Å². The average Bonchev–Trinajstić information content (AvgIpc) is 3.28. The van der Waals surface area contributed by atoms with E-state index in [4.69, 9.17) is 14.2 Å². The van der Waals surface area contributed by atoms with Crippen molar-refractivity contribution in [3.05, 3.63) is 69.8 Å². The molecule has 2 aliphatic rings. The van der Waals surface area contributed by atoms with E-state index in [0.29, 0.717) is 27.1 Å². The summed E-state index contributed by atoms with van der Waals surface area (Å²) in [5.74, 6) is 0.583. The van der Waals surface area contributed by atoms with E-state index in [1.807, 2.05) is 49.4 Å². The van der Waals surface area contributed by atoms with Crippen LogP contribution in [0.1, 0.15) is 18.1 Å². The quantitative estimate of drug-likeness (QED) is 0.723. The van der Waals surface area contributed by atoms with Gasteiger partial charge in [0.15, 0.2) is 11.5 Å². The van der Waals surface area contributed by atoms with Gasteiger partial charge in [-0.3, -0.25) is 0 Å². The number of aliphatic hydroxyl groups excluding tert-OH is 1. The fraction of sp³-hybridized carbons (Fsp3) is 0.182. The summed E-state index contributed by atoms with van der Waals surface area (Å²) in [6.07, 6.45) is 1.78. The molecule has 2 aromatic rings. The number of carbonyl (C=O) groups is 1. The molecule has 0 radical (unpaired) electrons. The Morgan fingerprint density at radius 2 is 1.97 bits per heavy atom. The molecular weight excluding hydrogens is 390 g/mol. The Balaban J connectivity index is 1.72. The first-order chi connectivity index (χ1) is 14.0. The van der Waals surface area contributed by atoms with Crippen molar-refractivity contribution in [1.29, 1.82) is 0 Å². The molecule has 0 saturated carbocycles. The van der Waals surface area contributed by atoms with Crippen LogP contribution in [0.2, 0.25) is 0 Å². The molecular formula is C22H19NO5S. The Morgan fingerprint density at radius 1 is 1.21 bits per heavy atom. The summed E-state index contributed by atoms with van der Waals surface area (Å²) >= 11 is 1.22. The number of hydrogen-bond donors (Lipinski definition) is 1. The summed E-state index contributed by atoms with van der Waals surface area (Å²) in [6.45, 7) is 4.11. The van der Waals surface area contributed by atoms with Gasteiger partial charge in [-0.15, -0.1) is 0 Å². The minimum Gasteiger partial charge on any atom is -0.506 e. The number of nitrogens with zero attached hydrogens (tertiary/aromatic N) is 1. The van der Waals surface area contributed by atoms with Gasteiger partial charge in [0.05, 0.1) is 17.2 Å². The van der Waals surface area contributed by atoms with Gasteiger partial charge in [-0.1, -0.05) is 35.5 Å². The SMILES string of the molecule is CCOC(=O)C1=C(O)C(=Cc2ccc3c(c2)OCO3)SC1=Nc1ccc(C)cc1. The molecule has 2 heterocycles. The van der Waals surface area contributed by atoms with Gasteiger partial charge in [-0.2, -0.15) is 0 Å². The maximum Gasteiger partial charge on any atom is 0.344 e. The van der Waals surface area contributed by atoms with Crippen LogP contribution in [-0.2, 0) is 9.53 Å². The predicted octanol–water partition coefficient (Wildman–Crippen LogP) is 4.92. The molecule has 0 aromatic heterocycles. The lowest BCUT2D eigenvalue weighted by molar-refractivity contribution is -0.138. The third kappa shape index (κ3) is 4.00. The molecule has 0 amide bonds. The van der Waals surface area contributed by atoms with E-state index in [1.54, 1.807) is 13.0 Å². The van der Waals surface area contributed by atoms with E-state index in [9.17, 15) is 9.90 Å². The monoisotopic (exact) mass is 409 g/mol. The number of aliphatic hydroxyl groups is 1. The zero-order valence-electron chi connectivity index (χ0n) is 16.0. The lowest BCUT2D eigenvalue weighted by atomic mass is 10.1. The van der Waals surface area contributed by atoms with Gasteiger partial charge in [-0.25, -0.2) is 9.79 Å². The van der Waals surface area contributed by atoms with Crippen LogP contribution in [0.25, 0.3) is 6.08 Å². The Labute approximate surface area is 172 Å². The van der Waals surface area contributed by atoms with Crippen molar-refractivity contribution in [2.75, 3.05) is 13.4 Å². The zero-order chi connectivity index (χ0) is 20.4. The van der Waals surface area contributed by atoms with Gasteiger partial charge in [-0.05, 0) is 49.8 Å². The molecule has 2 aromatic carbocycles. The summed E-state index contributed by atoms with van der Waals surface area (Å²) in [4.78, 5) is 17.5. The fourth-order valence-electron chi connectivity index (χ4n) is 2.88. The number of aryl methyl sites for hydroxylation is 1. The number of benzene rings is 2. The molecule has 29 heavy (non-hydrogen) atoms. The summed E-state index contributed by atoms with van der Waals surface area (Å²) in [5.41, 5.74) is 2.69. The van der Waals surface area contributed by atoms with Crippen LogP contribution >= 0.6 is 11.8 Å². The number of aliphatic imine (C=N–C) groups is 1. The van der Waals surface area contributed by atoms with Crippen molar-refractivity contribution in [1.82, 2.24) is 0 Å². The Hall–Kier alpha value is -3.19. The van der Waals surface area contributed by atoms with Gasteiger partial charge in [0, 0.05) is 0 Å². The molecule has 0 fully saturated rings. The highest BCUT2D eigenvalue weighted by Gasteiger charge is 2.33. The van der Waals surface area contributed by atoms with Crippen LogP contribution in [0.15, 0.2) is 63.7 Å². The van der Waals surface area contributed by atoms with Gasteiger partial charge in [0.25, 0.3) is 0 Å². The van der Waals surface area contributed by atoms with Crippen LogP contribution < -0.4 is 9.47 Å². The number of fused-ring (bicyclic) bond motifs is 1. The third-order valence-corrected chi connectivity index (χ3v) is 5.35. The van der Waals surface area contributed by atoms with E-state index >= 15 is 0 Å². The second kappa shape index (κ2) is 8.05. The average molecular weight is 409 g/mol. The molecule has 1 N–H and O–H groups in total. The van der Waals surface area contributed by atoms with Crippen LogP contribution in [0, 0.1) is 6.92 Å². The summed E-state index contributed by atoms with van der Waals surface area (Å²) < 4.78 is 15.9. The molecule has 0 atom stereocenters. The lowest BCUT2D eigenvalue weighted by Crippen LogP contribution is -2.12. The Kier molecular flexibility index (Phi) is 5.31. The largest absolute Gasteiger partial charge is 0.506 e. The normalized spacial score (nSPS) is 18.0. The standard InChI is InChI=1S/C22H19NO5S/c1-3-26-22(25)19-20(24)18(11-14-6-9-16-17(10-14)28-12-27-16)29-21(19)23-15-7-4-13(2)5-8-15/h4-11,24H,3,12H2,1-2H3. The Morgan fingerprint density at radius 3 is 2.72 bits per heavy atom. The molecule has 0 aliphatic carbocycles. The van der Waals surface area contributed by atoms with E-state index < -0.39 is 5.97 Å². The second-order valence-electron chi connectivity index (χ2n) is 6.42. The summed E-state index contributed by atoms with van der Waals surface area (Å²) in [6, 6.07) is 13.1. The second-order valence-corrected chi connectivity index (χ2v) is 7.45. The van der Waals surface area contributed by atoms with Crippen LogP contribution in [0.3, 0.4) is 0 Å². The molecule has 0 spiro atoms. The van der Waals surface area contributed by atoms with Gasteiger partial charge >= 0.3 is 5.97 Å². The van der Waals surface area contributed by atoms with E-state index in [2.05, 4.69) is 4.99 Å². The highest BCUT2D eigenvalue weighted by Crippen LogP contribution is 2.41. The molecule has 0 saturated heterocycles. The summed E-state index contributed by atoms with van der Waals surface area (Å²) in [7, 11) is 0. The number of thioether (sulfide) groups is 1. The number of ether oxygens (including phenoxy) is 3. The highest BCUT2D eigenvalue weighted by molar-refractivity contribution is 8.18. The van der Waals surface area contributed by atoms with Crippen molar-refractivity contribution in [3.63, 3.8) is 0 Å². The van der Waals surface area contributed by atoms with Crippen molar-refractivity contribution >= 4 is 34.5 Å². The first-order valence-corrected chi connectivity index (χ1v) is 9.92. The molecule has 4 rings (SSSR count). The topological polar surface area (TPSA) is 77.4 Å². The van der Waals surface area contributed by atoms with Crippen molar-refractivity contribution < 1.29 is 24.1 Å². The van der Waals surface area contributed by atoms with Crippen LogP contribution in [0.4, 0.5) is 5.69 Å². The van der Waals surface area contributed by atoms with E-state index in [0.717, 1.165) is 11.1 Å². The van der Waals surface area contributed by atoms with Gasteiger partial charge in [0.2, 0.25) is 6.79 Å². The molecule has 148 valence electrons. The fourth-order valence-corrected chi connectivity index (χ4v) is 3.92. The molecule has 0 unspecified atom stereocenters. The molecule has 7 heteroatoms. The first-order valence-electron chi connectivity index (χ1n) is 9.11. The van der Waals surface area contributed by atoms with E-state index in [1.165, 1.54) is 11.8 Å². The van der Waals surface area contributed by atoms with Crippen molar-refractivity contribution in [2.24, 2.45) is 4.99 Å². The minimum absolute atomic E-state index is 0.0735. The third-order valence-electron chi connectivity index (χ3n) is 4.33. The highest BCUT2D eigenvalue weighted by atomic mass is 32.2. The lowest BCUT2D eigenvalue weighted by Gasteiger charge is -2.04. The van der Waals surface area contributed by atoms with Crippen molar-refractivity contribution in [3.8, 4) is 11.5 Å². The van der Waals surface area contributed by atoms with Crippen LogP contribution in [-0.4, -0.2) is 29.5 Å². The first kappa shape index (κ1) is 19.1. The predicted molar refractivity (Wildman–Crippen MR) is 113 cm³/mol. The number of carbonyl (C=O) groups excluding carboxylic acids is 1. The minimum atomic E-state index is -0.600. The molecule has 0 bridgehead atoms. The smallest absolute Gasteiger partial charge is 0.344 e. The number of esters is 1. The Bertz CT molecular complexity index is 1050. The maximum atomic E-state index is 12.5.